The molecule has 0 N–H and O–H groups in total. The summed E-state index contributed by atoms with van der Waals surface area (Å²) in [5, 5.41) is 0. The normalized spacial score (nSPS) is 21.7. The average Bonchev–Trinajstić information content (AvgIpc) is 2.97. The summed E-state index contributed by atoms with van der Waals surface area (Å²) in [6, 6.07) is 5.98. The largest absolute Gasteiger partial charge is 0.481 e. The third-order valence-corrected chi connectivity index (χ3v) is 4.64. The van der Waals surface area contributed by atoms with Crippen molar-refractivity contribution in [3.8, 4) is 5.88 Å². The van der Waals surface area contributed by atoms with Crippen LogP contribution in [0, 0.1) is 11.8 Å². The van der Waals surface area contributed by atoms with E-state index in [1.807, 2.05) is 12.1 Å². The third-order valence-electron chi connectivity index (χ3n) is 4.64. The smallest absolute Gasteiger partial charge is 0.308 e. The first-order valence-corrected chi connectivity index (χ1v) is 7.79. The summed E-state index contributed by atoms with van der Waals surface area (Å²) in [6.45, 7) is 0.978. The molecule has 0 saturated heterocycles. The number of hydrogen-bond acceptors (Lipinski definition) is 4. The third kappa shape index (κ3) is 2.93. The molecule has 0 atom stereocenters. The number of esters is 1. The minimum Gasteiger partial charge on any atom is -0.481 e. The lowest BCUT2D eigenvalue weighted by atomic mass is 9.82. The zero-order chi connectivity index (χ0) is 15.5. The molecule has 0 radical (unpaired) electrons. The first kappa shape index (κ1) is 14.9. The Morgan fingerprint density at radius 3 is 2.68 bits per heavy atom. The van der Waals surface area contributed by atoms with Crippen LogP contribution in [0.25, 0.3) is 11.0 Å². The summed E-state index contributed by atoms with van der Waals surface area (Å²) < 4.78 is 12.3. The van der Waals surface area contributed by atoms with E-state index < -0.39 is 0 Å². The molecule has 3 rings (SSSR count). The lowest BCUT2D eigenvalue weighted by Crippen LogP contribution is -2.24. The fourth-order valence-electron chi connectivity index (χ4n) is 3.35. The zero-order valence-corrected chi connectivity index (χ0v) is 13.1. The van der Waals surface area contributed by atoms with Crippen molar-refractivity contribution in [2.75, 3.05) is 14.2 Å². The van der Waals surface area contributed by atoms with Gasteiger partial charge in [0.25, 0.3) is 0 Å². The number of aromatic nitrogens is 2. The van der Waals surface area contributed by atoms with Crippen LogP contribution in [0.1, 0.15) is 25.7 Å². The molecule has 0 aromatic carbocycles. The molecule has 0 spiro atoms. The SMILES string of the molecule is COC(=O)C1CCC(Cn2ccc3nc(OC)ccc32)CC1. The monoisotopic (exact) mass is 302 g/mol. The van der Waals surface area contributed by atoms with Gasteiger partial charge in [0.15, 0.2) is 0 Å². The summed E-state index contributed by atoms with van der Waals surface area (Å²) in [7, 11) is 3.10. The first-order valence-electron chi connectivity index (χ1n) is 7.79. The second kappa shape index (κ2) is 6.38. The fourth-order valence-corrected chi connectivity index (χ4v) is 3.35. The van der Waals surface area contributed by atoms with Crippen LogP contribution in [0.15, 0.2) is 24.4 Å². The summed E-state index contributed by atoms with van der Waals surface area (Å²) in [6.07, 6.45) is 6.10. The topological polar surface area (TPSA) is 53.4 Å². The Bertz CT molecular complexity index is 657. The van der Waals surface area contributed by atoms with Gasteiger partial charge >= 0.3 is 5.97 Å². The van der Waals surface area contributed by atoms with E-state index in [-0.39, 0.29) is 11.9 Å². The van der Waals surface area contributed by atoms with E-state index >= 15 is 0 Å². The van der Waals surface area contributed by atoms with Gasteiger partial charge < -0.3 is 14.0 Å². The van der Waals surface area contributed by atoms with Gasteiger partial charge in [-0.2, -0.15) is 0 Å². The number of fused-ring (bicyclic) bond motifs is 1. The van der Waals surface area contributed by atoms with Crippen molar-refractivity contribution >= 4 is 17.0 Å². The number of hydrogen-bond donors (Lipinski definition) is 0. The van der Waals surface area contributed by atoms with Crippen LogP contribution >= 0.6 is 0 Å². The molecule has 0 aliphatic heterocycles. The predicted octanol–water partition coefficient (Wildman–Crippen LogP) is 3.02. The second-order valence-electron chi connectivity index (χ2n) is 5.97. The van der Waals surface area contributed by atoms with Crippen LogP contribution in [-0.2, 0) is 16.1 Å². The van der Waals surface area contributed by atoms with Gasteiger partial charge in [0.05, 0.1) is 31.2 Å². The Balaban J connectivity index is 1.66. The Kier molecular flexibility index (Phi) is 4.32. The zero-order valence-electron chi connectivity index (χ0n) is 13.1. The highest BCUT2D eigenvalue weighted by Crippen LogP contribution is 2.31. The van der Waals surface area contributed by atoms with Crippen molar-refractivity contribution in [2.45, 2.75) is 32.2 Å². The highest BCUT2D eigenvalue weighted by atomic mass is 16.5. The first-order chi connectivity index (χ1) is 10.7. The highest BCUT2D eigenvalue weighted by molar-refractivity contribution is 5.76. The van der Waals surface area contributed by atoms with E-state index in [2.05, 4.69) is 21.8 Å². The molecule has 1 aliphatic rings. The molecule has 22 heavy (non-hydrogen) atoms. The maximum Gasteiger partial charge on any atom is 0.308 e. The van der Waals surface area contributed by atoms with Gasteiger partial charge in [0, 0.05) is 18.8 Å². The Morgan fingerprint density at radius 2 is 2.00 bits per heavy atom. The van der Waals surface area contributed by atoms with Gasteiger partial charge in [-0.3, -0.25) is 4.79 Å². The molecule has 2 aromatic rings. The van der Waals surface area contributed by atoms with Crippen molar-refractivity contribution in [3.05, 3.63) is 24.4 Å². The molecule has 1 saturated carbocycles. The van der Waals surface area contributed by atoms with Crippen LogP contribution in [0.2, 0.25) is 0 Å². The van der Waals surface area contributed by atoms with Crippen LogP contribution in [0.4, 0.5) is 0 Å². The Hall–Kier alpha value is -2.04. The molecule has 0 bridgehead atoms. The summed E-state index contributed by atoms with van der Waals surface area (Å²) in [5.74, 6) is 1.29. The van der Waals surface area contributed by atoms with Crippen molar-refractivity contribution < 1.29 is 14.3 Å². The molecular weight excluding hydrogens is 280 g/mol. The van der Waals surface area contributed by atoms with Crippen molar-refractivity contribution in [1.29, 1.82) is 0 Å². The number of carbonyl (C=O) groups is 1. The van der Waals surface area contributed by atoms with E-state index in [9.17, 15) is 4.79 Å². The van der Waals surface area contributed by atoms with Gasteiger partial charge in [0.1, 0.15) is 0 Å². The van der Waals surface area contributed by atoms with Gasteiger partial charge in [-0.25, -0.2) is 4.98 Å². The average molecular weight is 302 g/mol. The maximum absolute atomic E-state index is 11.6. The van der Waals surface area contributed by atoms with E-state index in [0.29, 0.717) is 11.8 Å². The number of rotatable bonds is 4. The molecular formula is C17H22N2O3. The number of carbonyl (C=O) groups excluding carboxylic acids is 1. The van der Waals surface area contributed by atoms with Gasteiger partial charge in [-0.15, -0.1) is 0 Å². The number of pyridine rings is 1. The lowest BCUT2D eigenvalue weighted by molar-refractivity contribution is -0.146. The molecule has 1 aliphatic carbocycles. The fraction of sp³-hybridized carbons (Fsp3) is 0.529. The van der Waals surface area contributed by atoms with Crippen LogP contribution in [-0.4, -0.2) is 29.7 Å². The van der Waals surface area contributed by atoms with Crippen molar-refractivity contribution in [3.63, 3.8) is 0 Å². The number of nitrogens with zero attached hydrogens (tertiary/aromatic N) is 2. The lowest BCUT2D eigenvalue weighted by Gasteiger charge is -2.27. The molecule has 2 aromatic heterocycles. The molecule has 1 fully saturated rings. The Morgan fingerprint density at radius 1 is 1.23 bits per heavy atom. The van der Waals surface area contributed by atoms with Crippen LogP contribution in [0.5, 0.6) is 5.88 Å². The molecule has 5 heteroatoms. The van der Waals surface area contributed by atoms with Gasteiger partial charge in [-0.05, 0) is 43.7 Å². The number of methoxy groups -OCH3 is 2. The molecule has 0 amide bonds. The highest BCUT2D eigenvalue weighted by Gasteiger charge is 2.27. The minimum absolute atomic E-state index is 0.0545. The summed E-state index contributed by atoms with van der Waals surface area (Å²) >= 11 is 0. The van der Waals surface area contributed by atoms with E-state index in [4.69, 9.17) is 9.47 Å². The van der Waals surface area contributed by atoms with E-state index in [1.165, 1.54) is 7.11 Å². The van der Waals surface area contributed by atoms with Crippen molar-refractivity contribution in [1.82, 2.24) is 9.55 Å². The molecule has 2 heterocycles. The van der Waals surface area contributed by atoms with Crippen molar-refractivity contribution in [2.24, 2.45) is 11.8 Å². The molecule has 0 unspecified atom stereocenters. The van der Waals surface area contributed by atoms with Gasteiger partial charge in [-0.1, -0.05) is 0 Å². The maximum atomic E-state index is 11.6. The summed E-state index contributed by atoms with van der Waals surface area (Å²) in [5.41, 5.74) is 2.10. The second-order valence-corrected chi connectivity index (χ2v) is 5.97. The Labute approximate surface area is 130 Å². The van der Waals surface area contributed by atoms with Crippen LogP contribution < -0.4 is 4.74 Å². The molecule has 118 valence electrons. The predicted molar refractivity (Wildman–Crippen MR) is 83.7 cm³/mol. The molecule has 5 nitrogen and oxygen atoms in total. The minimum atomic E-state index is -0.0545. The summed E-state index contributed by atoms with van der Waals surface area (Å²) in [4.78, 5) is 16.0. The van der Waals surface area contributed by atoms with Crippen LogP contribution in [0.3, 0.4) is 0 Å². The van der Waals surface area contributed by atoms with Gasteiger partial charge in [0.2, 0.25) is 5.88 Å². The quantitative estimate of drug-likeness (QED) is 0.815. The van der Waals surface area contributed by atoms with E-state index in [1.54, 1.807) is 7.11 Å². The number of ether oxygens (including phenoxy) is 2. The van der Waals surface area contributed by atoms with E-state index in [0.717, 1.165) is 43.3 Å². The standard InChI is InChI=1S/C17H22N2O3/c1-21-16-8-7-15-14(18-16)9-10-19(15)11-12-3-5-13(6-4-12)17(20)22-2/h7-10,12-13H,3-6,11H2,1-2H3.